The van der Waals surface area contributed by atoms with Crippen LogP contribution in [0.25, 0.3) is 12.2 Å². The van der Waals surface area contributed by atoms with Crippen molar-refractivity contribution in [3.63, 3.8) is 0 Å². The van der Waals surface area contributed by atoms with E-state index in [2.05, 4.69) is 194 Å². The zero-order valence-electron chi connectivity index (χ0n) is 26.1. The van der Waals surface area contributed by atoms with Crippen molar-refractivity contribution >= 4 is 28.5 Å². The summed E-state index contributed by atoms with van der Waals surface area (Å²) in [5.41, 5.74) is 8.89. The molecular formula is C44H39HfSi. The number of allylic oxidation sites excluding steroid dienone is 2. The molecule has 0 saturated carbocycles. The van der Waals surface area contributed by atoms with E-state index in [1.165, 1.54) is 30.6 Å². The predicted molar refractivity (Wildman–Crippen MR) is 196 cm³/mol. The molecule has 0 N–H and O–H groups in total. The van der Waals surface area contributed by atoms with Gasteiger partial charge in [0.2, 0.25) is 0 Å². The molecule has 46 heavy (non-hydrogen) atoms. The zero-order valence-corrected chi connectivity index (χ0v) is 30.9. The second-order valence-corrected chi connectivity index (χ2v) is 55.2. The van der Waals surface area contributed by atoms with Gasteiger partial charge in [0.1, 0.15) is 0 Å². The average molecular weight is 774 g/mol. The van der Waals surface area contributed by atoms with Crippen molar-refractivity contribution in [1.82, 2.24) is 0 Å². The first-order valence-electron chi connectivity index (χ1n) is 16.6. The van der Waals surface area contributed by atoms with E-state index in [1.807, 2.05) is 0 Å². The fourth-order valence-corrected chi connectivity index (χ4v) is 83.1. The minimum absolute atomic E-state index is 0.395. The zero-order chi connectivity index (χ0) is 30.8. The summed E-state index contributed by atoms with van der Waals surface area (Å²) in [6.45, 7) is 0. The summed E-state index contributed by atoms with van der Waals surface area (Å²) in [4.78, 5) is 0. The molecule has 2 atom stereocenters. The van der Waals surface area contributed by atoms with Gasteiger partial charge < -0.3 is 0 Å². The van der Waals surface area contributed by atoms with Crippen LogP contribution >= 0.6 is 0 Å². The van der Waals surface area contributed by atoms with E-state index in [1.54, 1.807) is 21.5 Å². The van der Waals surface area contributed by atoms with Crippen molar-refractivity contribution in [3.8, 4) is 0 Å². The van der Waals surface area contributed by atoms with E-state index in [0.717, 1.165) is 0 Å². The van der Waals surface area contributed by atoms with Gasteiger partial charge in [0, 0.05) is 0 Å². The second-order valence-electron chi connectivity index (χ2n) is 13.5. The standard InChI is InChI=1S/C12H11Si.2C9H7.2C7H7.Hf/c1-3-7-11(8-4-1)13-12-9-5-2-6-10-12;2*1-2-5-9-7-3-6-8(9)4-1;2*1-7-5-3-2-4-6-7;/h1-10,13H;2*1-7H;2*2-6H,1H2;. The fraction of sp³-hybridized carbons (Fsp3) is 0.0909. The van der Waals surface area contributed by atoms with Crippen molar-refractivity contribution in [3.05, 3.63) is 215 Å². The van der Waals surface area contributed by atoms with Crippen LogP contribution in [0.3, 0.4) is 0 Å². The summed E-state index contributed by atoms with van der Waals surface area (Å²) >= 11 is -4.82. The normalized spacial score (nSPS) is 17.4. The van der Waals surface area contributed by atoms with Crippen LogP contribution in [-0.4, -0.2) is 5.98 Å². The molecule has 8 rings (SSSR count). The van der Waals surface area contributed by atoms with Gasteiger partial charge in [-0.25, -0.2) is 0 Å². The SMILES string of the molecule is C1=C[CH]([Hf]([CH2]c2ccccc2)([CH2]c2ccccc2)([CH]2C=Cc3ccccc32)[SiH](c2ccccc2)c2ccccc2)c2ccccc21. The molecule has 2 aliphatic rings. The van der Waals surface area contributed by atoms with Gasteiger partial charge in [-0.05, 0) is 0 Å². The van der Waals surface area contributed by atoms with Gasteiger partial charge in [0.25, 0.3) is 0 Å². The first-order valence-corrected chi connectivity index (χ1v) is 33.8. The monoisotopic (exact) mass is 775 g/mol. The van der Waals surface area contributed by atoms with Crippen LogP contribution in [0.4, 0.5) is 0 Å². The van der Waals surface area contributed by atoms with Gasteiger partial charge in [0.15, 0.2) is 0 Å². The molecule has 2 heteroatoms. The molecule has 0 nitrogen and oxygen atoms in total. The molecule has 6 aromatic rings. The molecule has 0 heterocycles. The Bertz CT molecular complexity index is 1870. The Morgan fingerprint density at radius 2 is 0.739 bits per heavy atom. The molecule has 2 unspecified atom stereocenters. The molecule has 0 fully saturated rings. The number of rotatable bonds is 9. The van der Waals surface area contributed by atoms with Gasteiger partial charge in [0.05, 0.1) is 0 Å². The Hall–Kier alpha value is -4.11. The summed E-state index contributed by atoms with van der Waals surface area (Å²) in [7, 11) is 0. The van der Waals surface area contributed by atoms with Crippen molar-refractivity contribution in [1.29, 1.82) is 0 Å². The Labute approximate surface area is 275 Å². The first-order chi connectivity index (χ1) is 22.8. The average Bonchev–Trinajstić information content (AvgIpc) is 3.77. The topological polar surface area (TPSA) is 0 Å². The molecule has 0 saturated heterocycles. The summed E-state index contributed by atoms with van der Waals surface area (Å²) in [6.07, 6.45) is 10.3. The molecule has 0 bridgehead atoms. The molecule has 0 radical (unpaired) electrons. The quantitative estimate of drug-likeness (QED) is 0.129. The maximum absolute atomic E-state index is 4.82. The Morgan fingerprint density at radius 1 is 0.391 bits per heavy atom. The second kappa shape index (κ2) is 12.2. The number of hydrogen-bond acceptors (Lipinski definition) is 0. The molecule has 2 aliphatic carbocycles. The van der Waals surface area contributed by atoms with Crippen LogP contribution in [0, 0.1) is 0 Å². The molecule has 0 aliphatic heterocycles. The molecule has 0 spiro atoms. The van der Waals surface area contributed by atoms with Gasteiger partial charge >= 0.3 is 277 Å². The molecular weight excluding hydrogens is 735 g/mol. The van der Waals surface area contributed by atoms with Crippen molar-refractivity contribution < 1.29 is 17.7 Å². The third kappa shape index (κ3) is 4.82. The van der Waals surface area contributed by atoms with E-state index >= 15 is 0 Å². The van der Waals surface area contributed by atoms with Gasteiger partial charge in [-0.1, -0.05) is 0 Å². The van der Waals surface area contributed by atoms with Crippen molar-refractivity contribution in [2.75, 3.05) is 0 Å². The van der Waals surface area contributed by atoms with Crippen LogP contribution in [-0.2, 0) is 26.0 Å². The van der Waals surface area contributed by atoms with E-state index in [0.29, 0.717) is 7.35 Å². The van der Waals surface area contributed by atoms with E-state index < -0.39 is 23.7 Å². The predicted octanol–water partition coefficient (Wildman–Crippen LogP) is 9.15. The van der Waals surface area contributed by atoms with Gasteiger partial charge in [-0.2, -0.15) is 0 Å². The Balaban J connectivity index is 1.59. The third-order valence-corrected chi connectivity index (χ3v) is 71.4. The molecule has 0 amide bonds. The summed E-state index contributed by atoms with van der Waals surface area (Å²) in [5.74, 6) is -1.98. The van der Waals surface area contributed by atoms with Crippen LogP contribution in [0.5, 0.6) is 0 Å². The van der Waals surface area contributed by atoms with Crippen molar-refractivity contribution in [2.45, 2.75) is 15.7 Å². The van der Waals surface area contributed by atoms with E-state index in [-0.39, 0.29) is 0 Å². The first kappa shape index (κ1) is 29.3. The van der Waals surface area contributed by atoms with Gasteiger partial charge in [-0.3, -0.25) is 0 Å². The van der Waals surface area contributed by atoms with Gasteiger partial charge in [-0.15, -0.1) is 0 Å². The van der Waals surface area contributed by atoms with Crippen molar-refractivity contribution in [2.24, 2.45) is 0 Å². The number of hydrogen-bond donors (Lipinski definition) is 0. The number of benzene rings is 6. The fourth-order valence-electron chi connectivity index (χ4n) is 9.58. The van der Waals surface area contributed by atoms with Crippen LogP contribution in [0.1, 0.15) is 40.7 Å². The summed E-state index contributed by atoms with van der Waals surface area (Å²) in [5, 5.41) is 3.18. The number of fused-ring (bicyclic) bond motifs is 2. The van der Waals surface area contributed by atoms with Crippen LogP contribution in [0.2, 0.25) is 0 Å². The van der Waals surface area contributed by atoms with Crippen LogP contribution in [0.15, 0.2) is 182 Å². The minimum atomic E-state index is -4.82. The van der Waals surface area contributed by atoms with Crippen LogP contribution < -0.4 is 10.4 Å². The third-order valence-electron chi connectivity index (χ3n) is 11.2. The molecule has 6 aromatic carbocycles. The Kier molecular flexibility index (Phi) is 7.80. The maximum atomic E-state index is 2.69. The summed E-state index contributed by atoms with van der Waals surface area (Å²) < 4.78 is 3.12. The summed E-state index contributed by atoms with van der Waals surface area (Å²) in [6, 6.07) is 65.4. The molecule has 223 valence electrons. The Morgan fingerprint density at radius 3 is 1.15 bits per heavy atom. The van der Waals surface area contributed by atoms with E-state index in [9.17, 15) is 0 Å². The van der Waals surface area contributed by atoms with E-state index in [4.69, 9.17) is 0 Å². The molecule has 0 aromatic heterocycles.